The van der Waals surface area contributed by atoms with E-state index in [0.717, 1.165) is 38.5 Å². The summed E-state index contributed by atoms with van der Waals surface area (Å²) < 4.78 is 30.9. The summed E-state index contributed by atoms with van der Waals surface area (Å²) in [6, 6.07) is 0. The van der Waals surface area contributed by atoms with Crippen molar-refractivity contribution in [1.29, 1.82) is 0 Å². The second kappa shape index (κ2) is 13.3. The van der Waals surface area contributed by atoms with Gasteiger partial charge in [0.2, 0.25) is 0 Å². The Morgan fingerprint density at radius 2 is 1.19 bits per heavy atom. The first-order chi connectivity index (χ1) is 13.0. The van der Waals surface area contributed by atoms with Gasteiger partial charge in [-0.05, 0) is 32.6 Å². The lowest BCUT2D eigenvalue weighted by Crippen LogP contribution is -2.21. The molecule has 0 unspecified atom stereocenters. The first-order valence-electron chi connectivity index (χ1n) is 9.99. The van der Waals surface area contributed by atoms with Gasteiger partial charge in [-0.15, -0.1) is 0 Å². The first kappa shape index (κ1) is 24.1. The van der Waals surface area contributed by atoms with Crippen LogP contribution in [0.3, 0.4) is 0 Å². The van der Waals surface area contributed by atoms with E-state index in [4.69, 9.17) is 9.47 Å². The van der Waals surface area contributed by atoms with E-state index >= 15 is 0 Å². The topological polar surface area (TPSA) is 88.1 Å². The fourth-order valence-corrected chi connectivity index (χ4v) is 4.02. The predicted molar refractivity (Wildman–Crippen MR) is 102 cm³/mol. The predicted octanol–water partition coefficient (Wildman–Crippen LogP) is 4.68. The normalized spacial score (nSPS) is 18.9. The van der Waals surface area contributed by atoms with Crippen LogP contribution in [0.1, 0.15) is 71.1 Å². The molecule has 2 saturated carbocycles. The Kier molecular flexibility index (Phi) is 11.9. The van der Waals surface area contributed by atoms with Gasteiger partial charge in [0, 0.05) is 14.2 Å². The van der Waals surface area contributed by atoms with Gasteiger partial charge >= 0.3 is 19.5 Å². The molecular weight excluding hydrogens is 371 g/mol. The van der Waals surface area contributed by atoms with E-state index in [1.807, 2.05) is 6.92 Å². The highest BCUT2D eigenvalue weighted by Gasteiger charge is 2.28. The van der Waals surface area contributed by atoms with Crippen molar-refractivity contribution < 1.29 is 32.7 Å². The Balaban J connectivity index is 0.000000289. The molecular formula is C19H35O7P. The molecule has 2 aliphatic carbocycles. The van der Waals surface area contributed by atoms with Crippen LogP contribution < -0.4 is 0 Å². The smallest absolute Gasteiger partial charge is 0.367 e. The molecule has 0 bridgehead atoms. The van der Waals surface area contributed by atoms with Gasteiger partial charge in [0.05, 0.1) is 18.4 Å². The summed E-state index contributed by atoms with van der Waals surface area (Å²) in [6.45, 7) is 2.38. The number of esters is 2. The lowest BCUT2D eigenvalue weighted by molar-refractivity contribution is -0.149. The van der Waals surface area contributed by atoms with E-state index in [9.17, 15) is 14.2 Å². The van der Waals surface area contributed by atoms with Crippen molar-refractivity contribution in [2.24, 2.45) is 11.8 Å². The maximum Gasteiger partial charge on any atom is 0.367 e. The molecule has 0 radical (unpaired) electrons. The molecule has 0 aromatic heterocycles. The van der Waals surface area contributed by atoms with Crippen molar-refractivity contribution in [3.05, 3.63) is 0 Å². The zero-order valence-electron chi connectivity index (χ0n) is 16.9. The molecule has 0 saturated heterocycles. The number of carbonyl (C=O) groups excluding carboxylic acids is 2. The fraction of sp³-hybridized carbons (Fsp3) is 0.895. The van der Waals surface area contributed by atoms with E-state index in [2.05, 4.69) is 9.05 Å². The largest absolute Gasteiger partial charge is 0.466 e. The Labute approximate surface area is 163 Å². The molecule has 27 heavy (non-hydrogen) atoms. The minimum Gasteiger partial charge on any atom is -0.466 e. The van der Waals surface area contributed by atoms with Crippen LogP contribution in [0.2, 0.25) is 0 Å². The summed E-state index contributed by atoms with van der Waals surface area (Å²) in [5.74, 6) is -0.0964. The Morgan fingerprint density at radius 3 is 1.56 bits per heavy atom. The van der Waals surface area contributed by atoms with Gasteiger partial charge in [0.1, 0.15) is 0 Å². The van der Waals surface area contributed by atoms with Crippen molar-refractivity contribution in [3.8, 4) is 0 Å². The molecule has 2 fully saturated rings. The average molecular weight is 406 g/mol. The number of hydrogen-bond donors (Lipinski definition) is 0. The highest BCUT2D eigenvalue weighted by Crippen LogP contribution is 2.46. The third-order valence-corrected chi connectivity index (χ3v) is 6.64. The molecule has 0 aromatic rings. The van der Waals surface area contributed by atoms with Gasteiger partial charge in [0.15, 0.2) is 6.35 Å². The quantitative estimate of drug-likeness (QED) is 0.448. The highest BCUT2D eigenvalue weighted by atomic mass is 31.2. The van der Waals surface area contributed by atoms with E-state index in [-0.39, 0.29) is 30.1 Å². The molecule has 0 amide bonds. The van der Waals surface area contributed by atoms with Crippen LogP contribution in [-0.4, -0.2) is 39.1 Å². The maximum absolute atomic E-state index is 11.6. The molecule has 0 aliphatic heterocycles. The van der Waals surface area contributed by atoms with Crippen LogP contribution in [0.4, 0.5) is 0 Å². The van der Waals surface area contributed by atoms with Gasteiger partial charge in [0.25, 0.3) is 0 Å². The highest BCUT2D eigenvalue weighted by molar-refractivity contribution is 7.53. The SMILES string of the molecule is CCOC(=O)C1CCCCC1.COP(=O)(COC(=O)C1CCCCC1)OC. The zero-order valence-corrected chi connectivity index (χ0v) is 17.8. The number of ether oxygens (including phenoxy) is 2. The van der Waals surface area contributed by atoms with Gasteiger partial charge in [-0.25, -0.2) is 0 Å². The van der Waals surface area contributed by atoms with Gasteiger partial charge in [-0.2, -0.15) is 0 Å². The van der Waals surface area contributed by atoms with E-state index < -0.39 is 7.60 Å². The molecule has 0 aromatic carbocycles. The summed E-state index contributed by atoms with van der Waals surface area (Å²) in [4.78, 5) is 22.8. The number of carbonyl (C=O) groups is 2. The third-order valence-electron chi connectivity index (χ3n) is 5.08. The third kappa shape index (κ3) is 9.22. The fourth-order valence-electron chi connectivity index (χ4n) is 3.38. The molecule has 0 heterocycles. The molecule has 0 N–H and O–H groups in total. The summed E-state index contributed by atoms with van der Waals surface area (Å²) in [5, 5.41) is 0. The Morgan fingerprint density at radius 1 is 0.778 bits per heavy atom. The maximum atomic E-state index is 11.6. The number of hydrogen-bond acceptors (Lipinski definition) is 7. The monoisotopic (exact) mass is 406 g/mol. The summed E-state index contributed by atoms with van der Waals surface area (Å²) in [5.41, 5.74) is 0. The molecule has 7 nitrogen and oxygen atoms in total. The minimum absolute atomic E-state index is 0.0206. The van der Waals surface area contributed by atoms with Crippen molar-refractivity contribution >= 4 is 19.5 Å². The zero-order chi connectivity index (χ0) is 20.1. The van der Waals surface area contributed by atoms with Gasteiger partial charge in [-0.3, -0.25) is 14.2 Å². The van der Waals surface area contributed by atoms with Crippen molar-refractivity contribution in [1.82, 2.24) is 0 Å². The second-order valence-electron chi connectivity index (χ2n) is 6.99. The summed E-state index contributed by atoms with van der Waals surface area (Å²) in [7, 11) is -0.676. The molecule has 0 atom stereocenters. The van der Waals surface area contributed by atoms with Crippen LogP contribution >= 0.6 is 7.60 Å². The average Bonchev–Trinajstić information content (AvgIpc) is 2.73. The Hall–Kier alpha value is -0.910. The molecule has 158 valence electrons. The van der Waals surface area contributed by atoms with Gasteiger partial charge in [-0.1, -0.05) is 38.5 Å². The van der Waals surface area contributed by atoms with E-state index in [1.54, 1.807) is 0 Å². The Bertz CT molecular complexity index is 474. The molecule has 8 heteroatoms. The molecule has 2 rings (SSSR count). The van der Waals surface area contributed by atoms with Crippen LogP contribution in [0.15, 0.2) is 0 Å². The van der Waals surface area contributed by atoms with Gasteiger partial charge < -0.3 is 18.5 Å². The van der Waals surface area contributed by atoms with Crippen molar-refractivity contribution in [2.45, 2.75) is 71.1 Å². The van der Waals surface area contributed by atoms with Crippen LogP contribution in [0, 0.1) is 11.8 Å². The van der Waals surface area contributed by atoms with E-state index in [0.29, 0.717) is 6.61 Å². The molecule has 0 spiro atoms. The molecule has 2 aliphatic rings. The lowest BCUT2D eigenvalue weighted by atomic mass is 9.89. The van der Waals surface area contributed by atoms with Crippen LogP contribution in [0.5, 0.6) is 0 Å². The lowest BCUT2D eigenvalue weighted by Gasteiger charge is -2.21. The van der Waals surface area contributed by atoms with Crippen molar-refractivity contribution in [2.75, 3.05) is 27.2 Å². The summed E-state index contributed by atoms with van der Waals surface area (Å²) in [6.07, 6.45) is 10.5. The van der Waals surface area contributed by atoms with Crippen LogP contribution in [0.25, 0.3) is 0 Å². The minimum atomic E-state index is -3.23. The van der Waals surface area contributed by atoms with Crippen molar-refractivity contribution in [3.63, 3.8) is 0 Å². The van der Waals surface area contributed by atoms with Crippen LogP contribution in [-0.2, 0) is 32.7 Å². The van der Waals surface area contributed by atoms with E-state index in [1.165, 1.54) is 39.9 Å². The standard InChI is InChI=1S/C10H19O5P.C9H16O2/c1-13-16(12,14-2)8-15-10(11)9-6-4-3-5-7-9;1-2-11-9(10)8-6-4-3-5-7-8/h9H,3-8H2,1-2H3;8H,2-7H2,1H3. The second-order valence-corrected chi connectivity index (χ2v) is 9.20. The first-order valence-corrected chi connectivity index (χ1v) is 11.7. The summed E-state index contributed by atoms with van der Waals surface area (Å²) >= 11 is 0. The number of rotatable bonds is 7.